The van der Waals surface area contributed by atoms with Gasteiger partial charge in [-0.1, -0.05) is 95.3 Å². The molecule has 0 aromatic heterocycles. The summed E-state index contributed by atoms with van der Waals surface area (Å²) in [4.78, 5) is 43.0. The van der Waals surface area contributed by atoms with Gasteiger partial charge >= 0.3 is 0 Å². The monoisotopic (exact) mass is 593 g/mol. The highest BCUT2D eigenvalue weighted by atomic mass is 28.4. The Bertz CT molecular complexity index is 1260. The van der Waals surface area contributed by atoms with Crippen LogP contribution in [-0.2, 0) is 25.2 Å². The standard InChI is InChI=1S/C33H47N3O5Si/c1-23(2)31-32(40)36(28(20-35(31)24(3)37)26-17-13-10-14-18-26)21-30(39)34-27(19-25-15-11-9-12-16-25)29(38)22-41-42(7,8)33(4,5)6/h9-18,20,23,27,29,31,38H,19,21-22H2,1-8H3,(H,34,39)/t27?,29?,31-/m1/s1. The number of nitrogens with zero attached hydrogens (tertiary/aromatic N) is 2. The molecule has 3 rings (SSSR count). The number of carbonyl (C=O) groups is 3. The Kier molecular flexibility index (Phi) is 10.9. The van der Waals surface area contributed by atoms with Gasteiger partial charge in [-0.25, -0.2) is 0 Å². The zero-order valence-electron chi connectivity index (χ0n) is 26.3. The Morgan fingerprint density at radius 2 is 1.60 bits per heavy atom. The summed E-state index contributed by atoms with van der Waals surface area (Å²) in [6.07, 6.45) is 1.11. The van der Waals surface area contributed by atoms with Gasteiger partial charge in [0, 0.05) is 13.1 Å². The van der Waals surface area contributed by atoms with Crippen LogP contribution < -0.4 is 5.32 Å². The molecule has 9 heteroatoms. The van der Waals surface area contributed by atoms with Crippen LogP contribution in [0.4, 0.5) is 0 Å². The Labute approximate surface area is 251 Å². The van der Waals surface area contributed by atoms with Crippen LogP contribution in [0.1, 0.15) is 52.7 Å². The summed E-state index contributed by atoms with van der Waals surface area (Å²) < 4.78 is 6.30. The minimum absolute atomic E-state index is 0.0274. The average molecular weight is 594 g/mol. The van der Waals surface area contributed by atoms with Crippen molar-refractivity contribution in [1.29, 1.82) is 0 Å². The van der Waals surface area contributed by atoms with Gasteiger partial charge in [0.15, 0.2) is 8.32 Å². The van der Waals surface area contributed by atoms with Crippen molar-refractivity contribution >= 4 is 31.7 Å². The van der Waals surface area contributed by atoms with E-state index in [4.69, 9.17) is 4.43 Å². The highest BCUT2D eigenvalue weighted by molar-refractivity contribution is 6.74. The smallest absolute Gasteiger partial charge is 0.250 e. The number of benzene rings is 2. The third-order valence-electron chi connectivity index (χ3n) is 8.27. The largest absolute Gasteiger partial charge is 0.414 e. The first-order valence-corrected chi connectivity index (χ1v) is 17.6. The highest BCUT2D eigenvalue weighted by Crippen LogP contribution is 2.36. The van der Waals surface area contributed by atoms with Crippen LogP contribution in [0, 0.1) is 5.92 Å². The number of hydrogen-bond donors (Lipinski definition) is 2. The van der Waals surface area contributed by atoms with Gasteiger partial charge in [0.25, 0.3) is 5.91 Å². The summed E-state index contributed by atoms with van der Waals surface area (Å²) in [7, 11) is -2.14. The van der Waals surface area contributed by atoms with E-state index in [0.717, 1.165) is 11.1 Å². The van der Waals surface area contributed by atoms with E-state index in [0.29, 0.717) is 12.1 Å². The first-order chi connectivity index (χ1) is 19.6. The maximum Gasteiger partial charge on any atom is 0.250 e. The normalized spacial score (nSPS) is 17.6. The number of carbonyl (C=O) groups excluding carboxylic acids is 3. The van der Waals surface area contributed by atoms with Gasteiger partial charge in [0.05, 0.1) is 24.4 Å². The van der Waals surface area contributed by atoms with Gasteiger partial charge < -0.3 is 19.7 Å². The van der Waals surface area contributed by atoms with Gasteiger partial charge in [0.2, 0.25) is 11.8 Å². The molecule has 228 valence electrons. The van der Waals surface area contributed by atoms with E-state index in [2.05, 4.69) is 39.2 Å². The van der Waals surface area contributed by atoms with E-state index in [-0.39, 0.29) is 35.9 Å². The molecule has 0 radical (unpaired) electrons. The maximum absolute atomic E-state index is 13.9. The second kappa shape index (κ2) is 13.8. The minimum Gasteiger partial charge on any atom is -0.414 e. The molecule has 0 spiro atoms. The van der Waals surface area contributed by atoms with E-state index in [9.17, 15) is 19.5 Å². The Morgan fingerprint density at radius 3 is 2.12 bits per heavy atom. The van der Waals surface area contributed by atoms with Crippen molar-refractivity contribution in [3.8, 4) is 0 Å². The number of hydrogen-bond acceptors (Lipinski definition) is 5. The zero-order chi connectivity index (χ0) is 31.2. The molecule has 2 unspecified atom stereocenters. The first kappa shape index (κ1) is 33.2. The van der Waals surface area contributed by atoms with Crippen LogP contribution in [0.25, 0.3) is 5.70 Å². The molecule has 3 atom stereocenters. The van der Waals surface area contributed by atoms with E-state index in [1.807, 2.05) is 74.5 Å². The molecule has 2 aromatic carbocycles. The Morgan fingerprint density at radius 1 is 1.02 bits per heavy atom. The summed E-state index contributed by atoms with van der Waals surface area (Å²) in [6, 6.07) is 17.6. The minimum atomic E-state index is -2.14. The highest BCUT2D eigenvalue weighted by Gasteiger charge is 2.41. The summed E-state index contributed by atoms with van der Waals surface area (Å²) >= 11 is 0. The molecular weight excluding hydrogens is 546 g/mol. The van der Waals surface area contributed by atoms with Gasteiger partial charge in [-0.05, 0) is 41.6 Å². The fourth-order valence-corrected chi connectivity index (χ4v) is 5.77. The van der Waals surface area contributed by atoms with Crippen LogP contribution in [0.15, 0.2) is 66.9 Å². The van der Waals surface area contributed by atoms with Crippen molar-refractivity contribution in [2.75, 3.05) is 13.2 Å². The lowest BCUT2D eigenvalue weighted by atomic mass is 9.97. The van der Waals surface area contributed by atoms with Crippen LogP contribution in [0.3, 0.4) is 0 Å². The molecule has 3 amide bonds. The van der Waals surface area contributed by atoms with Crippen molar-refractivity contribution in [2.45, 2.75) is 84.3 Å². The van der Waals surface area contributed by atoms with Crippen molar-refractivity contribution in [2.24, 2.45) is 5.92 Å². The van der Waals surface area contributed by atoms with Crippen LogP contribution in [0.5, 0.6) is 0 Å². The topological polar surface area (TPSA) is 99.2 Å². The molecule has 1 aliphatic rings. The molecule has 1 aliphatic heterocycles. The molecular formula is C33H47N3O5Si. The van der Waals surface area contributed by atoms with Gasteiger partial charge in [-0.3, -0.25) is 19.3 Å². The molecule has 0 fully saturated rings. The average Bonchev–Trinajstić information content (AvgIpc) is 2.92. The molecule has 8 nitrogen and oxygen atoms in total. The summed E-state index contributed by atoms with van der Waals surface area (Å²) in [5.41, 5.74) is 2.16. The molecule has 2 N–H and O–H groups in total. The number of amides is 3. The van der Waals surface area contributed by atoms with Gasteiger partial charge in [-0.15, -0.1) is 0 Å². The van der Waals surface area contributed by atoms with Crippen molar-refractivity contribution in [3.05, 3.63) is 78.0 Å². The predicted molar refractivity (Wildman–Crippen MR) is 169 cm³/mol. The van der Waals surface area contributed by atoms with E-state index in [1.54, 1.807) is 6.20 Å². The van der Waals surface area contributed by atoms with Crippen molar-refractivity contribution in [3.63, 3.8) is 0 Å². The molecule has 0 bridgehead atoms. The Balaban J connectivity index is 1.88. The first-order valence-electron chi connectivity index (χ1n) is 14.6. The lowest BCUT2D eigenvalue weighted by Gasteiger charge is -2.41. The fraction of sp³-hybridized carbons (Fsp3) is 0.485. The van der Waals surface area contributed by atoms with Gasteiger partial charge in [-0.2, -0.15) is 0 Å². The molecule has 42 heavy (non-hydrogen) atoms. The number of aliphatic hydroxyl groups is 1. The van der Waals surface area contributed by atoms with Gasteiger partial charge in [0.1, 0.15) is 12.6 Å². The SMILES string of the molecule is CC(=O)N1C=C(c2ccccc2)N(CC(=O)NC(Cc2ccccc2)C(O)CO[Si](C)(C)C(C)(C)C)C(=O)[C@H]1C(C)C. The maximum atomic E-state index is 13.9. The summed E-state index contributed by atoms with van der Waals surface area (Å²) in [5.74, 6) is -1.14. The third-order valence-corrected chi connectivity index (χ3v) is 12.8. The van der Waals surface area contributed by atoms with Crippen LogP contribution >= 0.6 is 0 Å². The second-order valence-corrected chi connectivity index (χ2v) is 17.7. The zero-order valence-corrected chi connectivity index (χ0v) is 27.3. The molecule has 0 saturated carbocycles. The number of aliphatic hydroxyl groups excluding tert-OH is 1. The summed E-state index contributed by atoms with van der Waals surface area (Å²) in [5, 5.41) is 14.3. The third kappa shape index (κ3) is 8.17. The van der Waals surface area contributed by atoms with Crippen molar-refractivity contribution < 1.29 is 23.9 Å². The predicted octanol–water partition coefficient (Wildman–Crippen LogP) is 4.81. The molecule has 1 heterocycles. The van der Waals surface area contributed by atoms with Crippen LogP contribution in [0.2, 0.25) is 18.1 Å². The lowest BCUT2D eigenvalue weighted by Crippen LogP contribution is -2.57. The second-order valence-electron chi connectivity index (χ2n) is 12.9. The Hall–Kier alpha value is -3.27. The van der Waals surface area contributed by atoms with E-state index < -0.39 is 32.4 Å². The van der Waals surface area contributed by atoms with E-state index >= 15 is 0 Å². The lowest BCUT2D eigenvalue weighted by molar-refractivity contribution is -0.145. The molecule has 0 saturated heterocycles. The molecule has 2 aromatic rings. The number of rotatable bonds is 11. The fourth-order valence-electron chi connectivity index (χ4n) is 4.75. The summed E-state index contributed by atoms with van der Waals surface area (Å²) in [6.45, 7) is 15.7. The molecule has 0 aliphatic carbocycles. The number of nitrogens with one attached hydrogen (secondary N) is 1. The van der Waals surface area contributed by atoms with Crippen molar-refractivity contribution in [1.82, 2.24) is 15.1 Å². The quantitative estimate of drug-likeness (QED) is 0.365. The van der Waals surface area contributed by atoms with E-state index in [1.165, 1.54) is 16.7 Å². The van der Waals surface area contributed by atoms with Crippen LogP contribution in [-0.4, -0.2) is 72.3 Å².